The molecule has 6 rings (SSSR count). The van der Waals surface area contributed by atoms with Crippen molar-refractivity contribution >= 4 is 16.1 Å². The first-order chi connectivity index (χ1) is 22.1. The Bertz CT molecular complexity index is 1830. The van der Waals surface area contributed by atoms with E-state index in [0.717, 1.165) is 27.9 Å². The van der Waals surface area contributed by atoms with Gasteiger partial charge in [-0.1, -0.05) is 146 Å². The zero-order valence-electron chi connectivity index (χ0n) is 24.9. The van der Waals surface area contributed by atoms with Crippen LogP contribution in [0.15, 0.2) is 175 Å². The van der Waals surface area contributed by atoms with Gasteiger partial charge in [-0.3, -0.25) is 0 Å². The predicted octanol–water partition coefficient (Wildman–Crippen LogP) is 7.72. The summed E-state index contributed by atoms with van der Waals surface area (Å²) < 4.78 is 31.6. The number of nitrogens with zero attached hydrogens (tertiary/aromatic N) is 2. The van der Waals surface area contributed by atoms with Crippen molar-refractivity contribution in [3.8, 4) is 0 Å². The molecule has 0 spiro atoms. The number of nitrogens with one attached hydrogen (secondary N) is 1. The number of sulfonamides is 1. The van der Waals surface area contributed by atoms with Crippen molar-refractivity contribution in [2.45, 2.75) is 29.3 Å². The summed E-state index contributed by atoms with van der Waals surface area (Å²) in [5.41, 5.74) is 4.56. The molecule has 0 fully saturated rings. The lowest BCUT2D eigenvalue weighted by Crippen LogP contribution is -2.36. The van der Waals surface area contributed by atoms with Gasteiger partial charge < -0.3 is 4.57 Å². The van der Waals surface area contributed by atoms with E-state index in [0.29, 0.717) is 12.8 Å². The Balaban J connectivity index is 1.33. The van der Waals surface area contributed by atoms with Gasteiger partial charge in [0.25, 0.3) is 0 Å². The van der Waals surface area contributed by atoms with Crippen molar-refractivity contribution in [2.75, 3.05) is 0 Å². The summed E-state index contributed by atoms with van der Waals surface area (Å²) in [7, 11) is -3.69. The van der Waals surface area contributed by atoms with Crippen LogP contribution in [0.25, 0.3) is 6.08 Å². The van der Waals surface area contributed by atoms with Crippen molar-refractivity contribution < 1.29 is 8.42 Å². The van der Waals surface area contributed by atoms with Crippen LogP contribution in [0.2, 0.25) is 0 Å². The van der Waals surface area contributed by atoms with Crippen LogP contribution < -0.4 is 4.72 Å². The fourth-order valence-electron chi connectivity index (χ4n) is 5.90. The quantitative estimate of drug-likeness (QED) is 0.145. The van der Waals surface area contributed by atoms with Gasteiger partial charge in [-0.2, -0.15) is 0 Å². The second-order valence-electron chi connectivity index (χ2n) is 11.0. The first kappa shape index (κ1) is 30.0. The van der Waals surface area contributed by atoms with E-state index in [9.17, 15) is 8.42 Å². The molecule has 0 amide bonds. The minimum atomic E-state index is -3.69. The zero-order chi connectivity index (χ0) is 31.0. The summed E-state index contributed by atoms with van der Waals surface area (Å²) in [6.45, 7) is 0. The van der Waals surface area contributed by atoms with E-state index in [4.69, 9.17) is 4.98 Å². The van der Waals surface area contributed by atoms with E-state index in [1.54, 1.807) is 24.3 Å². The van der Waals surface area contributed by atoms with Gasteiger partial charge in [-0.15, -0.1) is 0 Å². The maximum Gasteiger partial charge on any atom is 0.240 e. The van der Waals surface area contributed by atoms with Gasteiger partial charge in [0.1, 0.15) is 5.54 Å². The average molecular weight is 610 g/mol. The summed E-state index contributed by atoms with van der Waals surface area (Å²) in [5, 5.41) is 0. The highest BCUT2D eigenvalue weighted by Gasteiger charge is 2.38. The van der Waals surface area contributed by atoms with Crippen LogP contribution in [0.1, 0.15) is 34.4 Å². The predicted molar refractivity (Wildman–Crippen MR) is 181 cm³/mol. The zero-order valence-corrected chi connectivity index (χ0v) is 25.7. The molecule has 45 heavy (non-hydrogen) atoms. The molecule has 0 saturated heterocycles. The summed E-state index contributed by atoms with van der Waals surface area (Å²) >= 11 is 0. The van der Waals surface area contributed by atoms with Crippen LogP contribution in [0.5, 0.6) is 0 Å². The lowest BCUT2D eigenvalue weighted by atomic mass is 9.77. The number of benzene rings is 5. The third-order valence-electron chi connectivity index (χ3n) is 7.97. The minimum Gasteiger partial charge on any atom is -0.318 e. The number of hydrogen-bond donors (Lipinski definition) is 1. The Morgan fingerprint density at radius 1 is 0.667 bits per heavy atom. The van der Waals surface area contributed by atoms with Crippen LogP contribution in [0.3, 0.4) is 0 Å². The second-order valence-corrected chi connectivity index (χ2v) is 12.7. The van der Waals surface area contributed by atoms with Crippen molar-refractivity contribution in [3.63, 3.8) is 0 Å². The average Bonchev–Trinajstić information content (AvgIpc) is 3.56. The molecule has 1 heterocycles. The SMILES string of the molecule is O=S(=O)(N[C@H](C/C=C\c1cn(C(c2ccccc2)(c2ccccc2)c2ccccc2)cn1)Cc1ccccc1)c1ccccc1. The fourth-order valence-corrected chi connectivity index (χ4v) is 7.17. The molecule has 0 aliphatic carbocycles. The van der Waals surface area contributed by atoms with Gasteiger partial charge in [-0.25, -0.2) is 18.1 Å². The lowest BCUT2D eigenvalue weighted by Gasteiger charge is -2.37. The molecule has 6 heteroatoms. The molecular weight excluding hydrogens is 575 g/mol. The largest absolute Gasteiger partial charge is 0.318 e. The highest BCUT2D eigenvalue weighted by Crippen LogP contribution is 2.40. The first-order valence-electron chi connectivity index (χ1n) is 15.0. The second kappa shape index (κ2) is 13.7. The molecule has 224 valence electrons. The van der Waals surface area contributed by atoms with E-state index in [-0.39, 0.29) is 10.9 Å². The van der Waals surface area contributed by atoms with Crippen LogP contribution in [-0.4, -0.2) is 24.0 Å². The lowest BCUT2D eigenvalue weighted by molar-refractivity contribution is 0.514. The normalized spacial score (nSPS) is 12.7. The Morgan fingerprint density at radius 3 is 1.64 bits per heavy atom. The Hall–Kier alpha value is -5.04. The molecule has 0 saturated carbocycles. The van der Waals surface area contributed by atoms with E-state index >= 15 is 0 Å². The molecule has 5 aromatic carbocycles. The Kier molecular flexibility index (Phi) is 9.15. The number of aromatic nitrogens is 2. The highest BCUT2D eigenvalue weighted by atomic mass is 32.2. The summed E-state index contributed by atoms with van der Waals surface area (Å²) in [4.78, 5) is 5.05. The number of imidazole rings is 1. The van der Waals surface area contributed by atoms with Crippen molar-refractivity contribution in [3.05, 3.63) is 198 Å². The maximum absolute atomic E-state index is 13.2. The number of hydrogen-bond acceptors (Lipinski definition) is 3. The summed E-state index contributed by atoms with van der Waals surface area (Å²) in [6, 6.07) is 49.5. The molecule has 1 N–H and O–H groups in total. The summed E-state index contributed by atoms with van der Waals surface area (Å²) in [6.07, 6.45) is 8.97. The van der Waals surface area contributed by atoms with Gasteiger partial charge in [0.2, 0.25) is 10.0 Å². The first-order valence-corrected chi connectivity index (χ1v) is 16.5. The molecule has 0 unspecified atom stereocenters. The molecule has 0 aliphatic rings. The van der Waals surface area contributed by atoms with Gasteiger partial charge in [0.05, 0.1) is 16.9 Å². The van der Waals surface area contributed by atoms with Gasteiger partial charge >= 0.3 is 0 Å². The smallest absolute Gasteiger partial charge is 0.240 e. The van der Waals surface area contributed by atoms with Gasteiger partial charge in [0.15, 0.2) is 0 Å². The highest BCUT2D eigenvalue weighted by molar-refractivity contribution is 7.89. The molecule has 0 aliphatic heterocycles. The van der Waals surface area contributed by atoms with E-state index in [2.05, 4.69) is 88.3 Å². The van der Waals surface area contributed by atoms with Gasteiger partial charge in [0, 0.05) is 12.2 Å². The topological polar surface area (TPSA) is 64.0 Å². The van der Waals surface area contributed by atoms with Crippen molar-refractivity contribution in [1.29, 1.82) is 0 Å². The maximum atomic E-state index is 13.2. The van der Waals surface area contributed by atoms with Crippen LogP contribution in [0.4, 0.5) is 0 Å². The minimum absolute atomic E-state index is 0.255. The number of rotatable bonds is 12. The van der Waals surface area contributed by atoms with Crippen molar-refractivity contribution in [2.24, 2.45) is 0 Å². The standard InChI is InChI=1S/C39H35N3O2S/c43-45(44,38-27-14-5-15-28-38)41-36(29-32-17-6-1-7-18-32)25-16-26-37-30-42(31-40-37)39(33-19-8-2-9-20-33,34-21-10-3-11-22-34)35-23-12-4-13-24-35/h1-24,26-28,30-31,36,41H,25,29H2/b26-16-/t36-/m1/s1. The molecule has 0 bridgehead atoms. The molecule has 6 aromatic rings. The molecule has 0 radical (unpaired) electrons. The van der Waals surface area contributed by atoms with Gasteiger partial charge in [-0.05, 0) is 53.3 Å². The summed E-state index contributed by atoms with van der Waals surface area (Å²) in [5.74, 6) is 0. The Labute approximate surface area is 265 Å². The van der Waals surface area contributed by atoms with Crippen molar-refractivity contribution in [1.82, 2.24) is 14.3 Å². The Morgan fingerprint density at radius 2 is 1.13 bits per heavy atom. The molecule has 1 atom stereocenters. The van der Waals surface area contributed by atoms with Crippen LogP contribution in [-0.2, 0) is 22.0 Å². The monoisotopic (exact) mass is 609 g/mol. The third-order valence-corrected chi connectivity index (χ3v) is 9.51. The van der Waals surface area contributed by atoms with E-state index in [1.807, 2.05) is 73.1 Å². The fraction of sp³-hybridized carbons (Fsp3) is 0.103. The molecule has 1 aromatic heterocycles. The van der Waals surface area contributed by atoms with E-state index < -0.39 is 15.6 Å². The van der Waals surface area contributed by atoms with E-state index in [1.165, 1.54) is 0 Å². The third kappa shape index (κ3) is 6.73. The van der Waals surface area contributed by atoms with Crippen LogP contribution >= 0.6 is 0 Å². The molecular formula is C39H35N3O2S. The van der Waals surface area contributed by atoms with Crippen LogP contribution in [0, 0.1) is 0 Å². The molecule has 5 nitrogen and oxygen atoms in total.